The van der Waals surface area contributed by atoms with Crippen molar-refractivity contribution < 1.29 is 24.7 Å². The van der Waals surface area contributed by atoms with Crippen molar-refractivity contribution in [2.24, 2.45) is 0 Å². The zero-order valence-electron chi connectivity index (χ0n) is 7.16. The Balaban J connectivity index is 2.65. The Hall–Kier alpha value is 0.883. The summed E-state index contributed by atoms with van der Waals surface area (Å²) in [6, 6.07) is 0. The first-order chi connectivity index (χ1) is 4.91. The van der Waals surface area contributed by atoms with E-state index in [1.807, 2.05) is 0 Å². The second-order valence-corrected chi connectivity index (χ2v) is 4.10. The summed E-state index contributed by atoms with van der Waals surface area (Å²) in [6.07, 6.45) is 10.2. The van der Waals surface area contributed by atoms with Crippen LogP contribution in [0.5, 0.6) is 0 Å². The Bertz CT molecular complexity index is 44.7. The monoisotopic (exact) mass is 217 g/mol. The van der Waals surface area contributed by atoms with E-state index in [9.17, 15) is 0 Å². The van der Waals surface area contributed by atoms with Crippen molar-refractivity contribution in [2.75, 3.05) is 0 Å². The minimum atomic E-state index is 1.37. The number of hydrogen-bond donors (Lipinski definition) is 0. The predicted octanol–water partition coefficient (Wildman–Crippen LogP) is 3.70. The molecule has 0 atom stereocenters. The van der Waals surface area contributed by atoms with Crippen LogP contribution in [0, 0.1) is 0 Å². The van der Waals surface area contributed by atoms with Crippen molar-refractivity contribution in [3.05, 3.63) is 0 Å². The second-order valence-electron chi connectivity index (χ2n) is 2.87. The Morgan fingerprint density at radius 1 is 0.800 bits per heavy atom. The van der Waals surface area contributed by atoms with E-state index < -0.39 is 0 Å². The van der Waals surface area contributed by atoms with Crippen molar-refractivity contribution in [1.82, 2.24) is 0 Å². The van der Waals surface area contributed by atoms with Crippen LogP contribution in [0.25, 0.3) is 0 Å². The first-order valence-electron chi connectivity index (χ1n) is 4.56. The quantitative estimate of drug-likeness (QED) is 0.572. The third-order valence-corrected chi connectivity index (χ3v) is 2.65. The van der Waals surface area contributed by atoms with E-state index in [2.05, 4.69) is 6.92 Å². The van der Waals surface area contributed by atoms with Crippen LogP contribution in [-0.2, 0) is 24.7 Å². The minimum absolute atomic E-state index is 1.37. The Kier molecular flexibility index (Phi) is 10.8. The summed E-state index contributed by atoms with van der Waals surface area (Å²) in [7, 11) is 0. The van der Waals surface area contributed by atoms with Gasteiger partial charge in [0.15, 0.2) is 0 Å². The van der Waals surface area contributed by atoms with E-state index in [0.717, 1.165) is 0 Å². The van der Waals surface area contributed by atoms with Crippen LogP contribution in [0.15, 0.2) is 0 Å². The van der Waals surface area contributed by atoms with Gasteiger partial charge >= 0.3 is 80.7 Å². The van der Waals surface area contributed by atoms with Gasteiger partial charge in [-0.3, -0.25) is 0 Å². The fraction of sp³-hybridized carbons (Fsp3) is 1.00. The Morgan fingerprint density at radius 2 is 1.30 bits per heavy atom. The van der Waals surface area contributed by atoms with E-state index in [1.54, 1.807) is 24.7 Å². The topological polar surface area (TPSA) is 0 Å². The van der Waals surface area contributed by atoms with Crippen LogP contribution in [0.4, 0.5) is 0 Å². The molecule has 0 aliphatic rings. The molecule has 59 valence electrons. The molecule has 0 aromatic carbocycles. The van der Waals surface area contributed by atoms with Gasteiger partial charge < -0.3 is 0 Å². The van der Waals surface area contributed by atoms with Gasteiger partial charge in [0.2, 0.25) is 0 Å². The van der Waals surface area contributed by atoms with Crippen molar-refractivity contribution in [1.29, 1.82) is 0 Å². The molecular formula is C9H19Zr. The van der Waals surface area contributed by atoms with E-state index in [4.69, 9.17) is 0 Å². The fourth-order valence-electron chi connectivity index (χ4n) is 1.08. The molecule has 0 unspecified atom stereocenters. The summed E-state index contributed by atoms with van der Waals surface area (Å²) >= 11 is 1.71. The van der Waals surface area contributed by atoms with Crippen LogP contribution in [0.2, 0.25) is 4.13 Å². The third-order valence-electron chi connectivity index (χ3n) is 1.78. The van der Waals surface area contributed by atoms with Crippen LogP contribution < -0.4 is 0 Å². The molecule has 10 heavy (non-hydrogen) atoms. The van der Waals surface area contributed by atoms with Gasteiger partial charge in [0.05, 0.1) is 0 Å². The number of unbranched alkanes of at least 4 members (excludes halogenated alkanes) is 6. The average molecular weight is 218 g/mol. The number of hydrogen-bond acceptors (Lipinski definition) is 0. The average Bonchev–Trinajstić information content (AvgIpc) is 1.97. The zero-order chi connectivity index (χ0) is 7.66. The van der Waals surface area contributed by atoms with Gasteiger partial charge in [0.25, 0.3) is 0 Å². The molecule has 1 heteroatoms. The summed E-state index contributed by atoms with van der Waals surface area (Å²) < 4.78 is 1.46. The van der Waals surface area contributed by atoms with Crippen LogP contribution in [-0.4, -0.2) is 0 Å². The molecule has 0 saturated carbocycles. The summed E-state index contributed by atoms with van der Waals surface area (Å²) in [4.78, 5) is 0. The molecule has 0 saturated heterocycles. The molecule has 0 spiro atoms. The van der Waals surface area contributed by atoms with Gasteiger partial charge in [0.1, 0.15) is 0 Å². The second kappa shape index (κ2) is 9.88. The predicted molar refractivity (Wildman–Crippen MR) is 42.8 cm³/mol. The molecule has 0 aliphatic heterocycles. The molecule has 0 aromatic heterocycles. The summed E-state index contributed by atoms with van der Waals surface area (Å²) in [5.41, 5.74) is 0. The maximum atomic E-state index is 2.27. The first-order valence-corrected chi connectivity index (χ1v) is 6.30. The summed E-state index contributed by atoms with van der Waals surface area (Å²) in [5, 5.41) is 0. The van der Waals surface area contributed by atoms with Crippen molar-refractivity contribution in [2.45, 2.75) is 56.0 Å². The van der Waals surface area contributed by atoms with Crippen molar-refractivity contribution in [3.63, 3.8) is 0 Å². The third kappa shape index (κ3) is 8.88. The fourth-order valence-corrected chi connectivity index (χ4v) is 1.70. The van der Waals surface area contributed by atoms with Crippen LogP contribution in [0.1, 0.15) is 51.9 Å². The van der Waals surface area contributed by atoms with Gasteiger partial charge in [-0.15, -0.1) is 0 Å². The van der Waals surface area contributed by atoms with E-state index in [1.165, 1.54) is 49.1 Å². The molecule has 0 amide bonds. The first kappa shape index (κ1) is 10.9. The van der Waals surface area contributed by atoms with E-state index >= 15 is 0 Å². The Labute approximate surface area is 80.6 Å². The SMILES string of the molecule is CCCCCCCC[CH2][Zr]. The normalized spacial score (nSPS) is 10.0. The molecular weight excluding hydrogens is 199 g/mol. The van der Waals surface area contributed by atoms with Gasteiger partial charge in [0, 0.05) is 0 Å². The van der Waals surface area contributed by atoms with Crippen molar-refractivity contribution >= 4 is 0 Å². The van der Waals surface area contributed by atoms with Gasteiger partial charge in [-0.05, 0) is 0 Å². The molecule has 0 aliphatic carbocycles. The molecule has 0 rings (SSSR count). The standard InChI is InChI=1S/C9H19.Zr/c1-3-5-7-9-8-6-4-2;/h1,3-9H2,2H3;. The molecule has 0 heterocycles. The van der Waals surface area contributed by atoms with Crippen molar-refractivity contribution in [3.8, 4) is 0 Å². The molecule has 0 fully saturated rings. The molecule has 0 bridgehead atoms. The van der Waals surface area contributed by atoms with E-state index in [-0.39, 0.29) is 0 Å². The molecule has 0 aromatic rings. The van der Waals surface area contributed by atoms with Crippen LogP contribution >= 0.6 is 0 Å². The molecule has 0 N–H and O–H groups in total. The molecule has 0 radical (unpaired) electrons. The number of rotatable bonds is 7. The van der Waals surface area contributed by atoms with Gasteiger partial charge in [-0.1, -0.05) is 0 Å². The Morgan fingerprint density at radius 3 is 1.80 bits per heavy atom. The summed E-state index contributed by atoms with van der Waals surface area (Å²) in [6.45, 7) is 2.27. The van der Waals surface area contributed by atoms with Gasteiger partial charge in [-0.25, -0.2) is 0 Å². The van der Waals surface area contributed by atoms with Crippen LogP contribution in [0.3, 0.4) is 0 Å². The van der Waals surface area contributed by atoms with E-state index in [0.29, 0.717) is 0 Å². The summed E-state index contributed by atoms with van der Waals surface area (Å²) in [5.74, 6) is 0. The van der Waals surface area contributed by atoms with Gasteiger partial charge in [-0.2, -0.15) is 0 Å². The molecule has 0 nitrogen and oxygen atoms in total. The maximum absolute atomic E-state index is 2.27. The zero-order valence-corrected chi connectivity index (χ0v) is 9.61.